The van der Waals surface area contributed by atoms with Crippen LogP contribution in [0.15, 0.2) is 59.2 Å². The first-order valence-electron chi connectivity index (χ1n) is 9.85. The molecule has 6 nitrogen and oxygen atoms in total. The second-order valence-corrected chi connectivity index (χ2v) is 8.05. The Kier molecular flexibility index (Phi) is 5.74. The number of thiocarbonyl (C=S) groups is 1. The van der Waals surface area contributed by atoms with Gasteiger partial charge in [0.15, 0.2) is 5.11 Å². The number of likely N-dealkylation sites (N-methyl/N-ethyl adjacent to an activating group) is 1. The molecule has 2 heterocycles. The Hall–Kier alpha value is -2.90. The lowest BCUT2D eigenvalue weighted by molar-refractivity contribution is 0.248. The molecule has 0 saturated carbocycles. The highest BCUT2D eigenvalue weighted by atomic mass is 32.1. The van der Waals surface area contributed by atoms with Crippen molar-refractivity contribution in [1.82, 2.24) is 9.91 Å². The molecular weight excluding hydrogens is 396 g/mol. The Morgan fingerprint density at radius 2 is 1.67 bits per heavy atom. The molecule has 30 heavy (non-hydrogen) atoms. The first-order chi connectivity index (χ1) is 14.5. The summed E-state index contributed by atoms with van der Waals surface area (Å²) in [7, 11) is 5.47. The number of hydrogen-bond acceptors (Lipinski definition) is 5. The zero-order valence-electron chi connectivity index (χ0n) is 17.4. The molecule has 0 bridgehead atoms. The van der Waals surface area contributed by atoms with Crippen LogP contribution in [0.25, 0.3) is 6.08 Å². The lowest BCUT2D eigenvalue weighted by Crippen LogP contribution is -2.42. The Morgan fingerprint density at radius 1 is 1.07 bits per heavy atom. The third-order valence-electron chi connectivity index (χ3n) is 5.63. The van der Waals surface area contributed by atoms with Crippen molar-refractivity contribution >= 4 is 29.1 Å². The van der Waals surface area contributed by atoms with Gasteiger partial charge in [-0.15, -0.1) is 0 Å². The number of likely N-dealkylation sites (tertiary alicyclic amines) is 1. The minimum atomic E-state index is -0.0366. The lowest BCUT2D eigenvalue weighted by Gasteiger charge is -2.34. The molecule has 156 valence electrons. The van der Waals surface area contributed by atoms with Crippen LogP contribution >= 0.6 is 12.2 Å². The largest absolute Gasteiger partial charge is 0.497 e. The van der Waals surface area contributed by atoms with E-state index in [9.17, 15) is 0 Å². The van der Waals surface area contributed by atoms with Crippen LogP contribution in [0.4, 0.5) is 0 Å². The summed E-state index contributed by atoms with van der Waals surface area (Å²) < 4.78 is 10.6. The van der Waals surface area contributed by atoms with Crippen molar-refractivity contribution in [3.05, 3.63) is 65.2 Å². The van der Waals surface area contributed by atoms with E-state index in [1.165, 1.54) is 5.57 Å². The topological polar surface area (TPSA) is 63.3 Å². The summed E-state index contributed by atoms with van der Waals surface area (Å²) >= 11 is 5.35. The summed E-state index contributed by atoms with van der Waals surface area (Å²) in [5.41, 5.74) is 10.5. The number of fused-ring (bicyclic) bond motifs is 1. The second kappa shape index (κ2) is 8.45. The van der Waals surface area contributed by atoms with Crippen LogP contribution in [0.2, 0.25) is 0 Å². The SMILES string of the molecule is COc1ccc(/C=C2\CN(C)C[C@@H]3C2=NN(C(N)=S)[C@@H]3c2ccc(OC)cc2)cc1. The van der Waals surface area contributed by atoms with Crippen LogP contribution in [0, 0.1) is 5.92 Å². The maximum atomic E-state index is 6.08. The third kappa shape index (κ3) is 3.91. The Balaban J connectivity index is 1.71. The van der Waals surface area contributed by atoms with E-state index in [2.05, 4.69) is 42.3 Å². The first kappa shape index (κ1) is 20.4. The number of nitrogens with two attached hydrogens (primary N) is 1. The van der Waals surface area contributed by atoms with Gasteiger partial charge in [0.05, 0.1) is 26.0 Å². The van der Waals surface area contributed by atoms with Crippen LogP contribution in [-0.2, 0) is 0 Å². The summed E-state index contributed by atoms with van der Waals surface area (Å²) in [5, 5.41) is 6.96. The Morgan fingerprint density at radius 3 is 2.23 bits per heavy atom. The highest BCUT2D eigenvalue weighted by Gasteiger charge is 2.43. The van der Waals surface area contributed by atoms with E-state index in [0.717, 1.165) is 41.4 Å². The molecule has 2 aliphatic rings. The third-order valence-corrected chi connectivity index (χ3v) is 5.82. The quantitative estimate of drug-likeness (QED) is 0.763. The van der Waals surface area contributed by atoms with E-state index < -0.39 is 0 Å². The minimum absolute atomic E-state index is 0.0366. The van der Waals surface area contributed by atoms with Gasteiger partial charge in [-0.2, -0.15) is 5.10 Å². The molecule has 0 amide bonds. The van der Waals surface area contributed by atoms with Gasteiger partial charge < -0.3 is 20.1 Å². The molecule has 0 aliphatic carbocycles. The van der Waals surface area contributed by atoms with E-state index in [1.807, 2.05) is 24.3 Å². The van der Waals surface area contributed by atoms with E-state index in [4.69, 9.17) is 32.5 Å². The fourth-order valence-electron chi connectivity index (χ4n) is 4.22. The maximum Gasteiger partial charge on any atom is 0.187 e. The maximum absolute atomic E-state index is 6.08. The van der Waals surface area contributed by atoms with Crippen LogP contribution in [0.1, 0.15) is 17.2 Å². The smallest absolute Gasteiger partial charge is 0.187 e. The van der Waals surface area contributed by atoms with Gasteiger partial charge in [0.25, 0.3) is 0 Å². The predicted octanol–water partition coefficient (Wildman–Crippen LogP) is 3.31. The van der Waals surface area contributed by atoms with Crippen molar-refractivity contribution in [1.29, 1.82) is 0 Å². The van der Waals surface area contributed by atoms with E-state index in [-0.39, 0.29) is 17.1 Å². The highest BCUT2D eigenvalue weighted by molar-refractivity contribution is 7.80. The standard InChI is InChI=1S/C23H26N4O2S/c1-26-13-17(12-15-4-8-18(28-2)9-5-15)21-20(14-26)22(27(25-21)23(24)30)16-6-10-19(29-3)11-7-16/h4-12,20,22H,13-14H2,1-3H3,(H2,24,30)/b17-12+/t20-,22-/m1/s1. The lowest BCUT2D eigenvalue weighted by atomic mass is 9.83. The molecule has 2 aromatic rings. The fourth-order valence-corrected chi connectivity index (χ4v) is 4.37. The van der Waals surface area contributed by atoms with Gasteiger partial charge in [-0.3, -0.25) is 0 Å². The Labute approximate surface area is 182 Å². The fraction of sp³-hybridized carbons (Fsp3) is 0.304. The van der Waals surface area contributed by atoms with E-state index in [1.54, 1.807) is 19.2 Å². The number of nitrogens with zero attached hydrogens (tertiary/aromatic N) is 3. The average molecular weight is 423 g/mol. The predicted molar refractivity (Wildman–Crippen MR) is 124 cm³/mol. The number of benzene rings is 2. The molecule has 4 rings (SSSR count). The molecule has 7 heteroatoms. The summed E-state index contributed by atoms with van der Waals surface area (Å²) in [4.78, 5) is 2.32. The molecule has 0 aromatic heterocycles. The van der Waals surface area contributed by atoms with Crippen molar-refractivity contribution in [2.45, 2.75) is 6.04 Å². The van der Waals surface area contributed by atoms with Crippen molar-refractivity contribution in [2.75, 3.05) is 34.4 Å². The van der Waals surface area contributed by atoms with Gasteiger partial charge >= 0.3 is 0 Å². The molecule has 0 radical (unpaired) electrons. The number of piperidine rings is 1. The van der Waals surface area contributed by atoms with Crippen molar-refractivity contribution in [2.24, 2.45) is 16.8 Å². The van der Waals surface area contributed by atoms with Gasteiger partial charge in [0.2, 0.25) is 0 Å². The zero-order chi connectivity index (χ0) is 21.3. The van der Waals surface area contributed by atoms with Gasteiger partial charge in [0.1, 0.15) is 11.5 Å². The van der Waals surface area contributed by atoms with Gasteiger partial charge in [-0.1, -0.05) is 24.3 Å². The number of methoxy groups -OCH3 is 2. The molecule has 2 atom stereocenters. The summed E-state index contributed by atoms with van der Waals surface area (Å²) in [6, 6.07) is 16.1. The van der Waals surface area contributed by atoms with Gasteiger partial charge in [0, 0.05) is 19.0 Å². The molecular formula is C23H26N4O2S. The normalized spacial score (nSPS) is 22.6. The summed E-state index contributed by atoms with van der Waals surface area (Å²) in [6.45, 7) is 1.70. The van der Waals surface area contributed by atoms with Crippen LogP contribution in [-0.4, -0.2) is 55.1 Å². The highest BCUT2D eigenvalue weighted by Crippen LogP contribution is 2.41. The first-order valence-corrected chi connectivity index (χ1v) is 10.3. The van der Waals surface area contributed by atoms with Gasteiger partial charge in [-0.25, -0.2) is 5.01 Å². The van der Waals surface area contributed by atoms with E-state index >= 15 is 0 Å². The molecule has 0 unspecified atom stereocenters. The van der Waals surface area contributed by atoms with Crippen molar-refractivity contribution in [3.63, 3.8) is 0 Å². The molecule has 2 aliphatic heterocycles. The second-order valence-electron chi connectivity index (χ2n) is 7.63. The molecule has 1 saturated heterocycles. The van der Waals surface area contributed by atoms with Gasteiger partial charge in [-0.05, 0) is 66.3 Å². The van der Waals surface area contributed by atoms with E-state index in [0.29, 0.717) is 0 Å². The molecule has 1 fully saturated rings. The molecule has 2 aromatic carbocycles. The molecule has 2 N–H and O–H groups in total. The van der Waals surface area contributed by atoms with Crippen molar-refractivity contribution < 1.29 is 9.47 Å². The van der Waals surface area contributed by atoms with Crippen LogP contribution < -0.4 is 15.2 Å². The van der Waals surface area contributed by atoms with Crippen LogP contribution in [0.5, 0.6) is 11.5 Å². The molecule has 0 spiro atoms. The average Bonchev–Trinajstić information content (AvgIpc) is 3.14. The van der Waals surface area contributed by atoms with Crippen molar-refractivity contribution in [3.8, 4) is 11.5 Å². The minimum Gasteiger partial charge on any atom is -0.497 e. The Bertz CT molecular complexity index is 985. The zero-order valence-corrected chi connectivity index (χ0v) is 18.2. The summed E-state index contributed by atoms with van der Waals surface area (Å²) in [5.74, 6) is 1.83. The number of hydrogen-bond donors (Lipinski definition) is 1. The summed E-state index contributed by atoms with van der Waals surface area (Å²) in [6.07, 6.45) is 2.19. The monoisotopic (exact) mass is 422 g/mol. The number of hydrazone groups is 1. The number of ether oxygens (including phenoxy) is 2. The number of rotatable bonds is 4. The van der Waals surface area contributed by atoms with Crippen LogP contribution in [0.3, 0.4) is 0 Å².